The lowest BCUT2D eigenvalue weighted by Gasteiger charge is -2.42. The zero-order valence-electron chi connectivity index (χ0n) is 52.3. The summed E-state index contributed by atoms with van der Waals surface area (Å²) in [4.78, 5) is 9.78. The van der Waals surface area contributed by atoms with Crippen molar-refractivity contribution in [3.05, 3.63) is 222 Å². The monoisotopic (exact) mass is 1060 g/mol. The standard InChI is InChI=1S/C75H80N4O/c1-49-40-69(76-47-63(49)52-32-36-64-65(43-52)75(13,14)39-38-74(64,11)12)77-66-37-33-54(71(2,3)4)45-62(66)51-30-34-58(35-31-51)80-59-25-20-24-57(46-59)78-48-79(68-29-19-18-28-67(68)78)70-60(50-22-16-15-17-23-50)26-21-27-61(70)53-41-55(72(5,6)7)44-56(42-53)73(8,9)10/h15-37,40-47H,38-39,48H2,1-14H3,(H,76,77)/i1D3. The maximum Gasteiger partial charge on any atom is 0.130 e. The van der Waals surface area contributed by atoms with E-state index in [1.165, 1.54) is 55.8 Å². The van der Waals surface area contributed by atoms with Crippen molar-refractivity contribution in [1.82, 2.24) is 4.98 Å². The number of nitrogens with zero attached hydrogens (tertiary/aromatic N) is 3. The molecule has 1 aliphatic carbocycles. The molecule has 11 rings (SSSR count). The number of ether oxygens (including phenoxy) is 1. The van der Waals surface area contributed by atoms with Crippen LogP contribution in [0.2, 0.25) is 0 Å². The zero-order valence-corrected chi connectivity index (χ0v) is 49.3. The Morgan fingerprint density at radius 1 is 0.475 bits per heavy atom. The zero-order chi connectivity index (χ0) is 59.0. The number of para-hydroxylation sites is 3. The van der Waals surface area contributed by atoms with Gasteiger partial charge in [0, 0.05) is 50.0 Å². The molecule has 1 N–H and O–H groups in total. The average Bonchev–Trinajstić information content (AvgIpc) is 3.30. The van der Waals surface area contributed by atoms with Gasteiger partial charge < -0.3 is 19.9 Å². The summed E-state index contributed by atoms with van der Waals surface area (Å²) in [6, 6.07) is 64.7. The molecule has 9 aromatic rings. The van der Waals surface area contributed by atoms with Crippen LogP contribution < -0.4 is 19.9 Å². The molecule has 0 saturated heterocycles. The van der Waals surface area contributed by atoms with Gasteiger partial charge in [-0.3, -0.25) is 0 Å². The molecular weight excluding hydrogens is 973 g/mol. The van der Waals surface area contributed by atoms with Crippen molar-refractivity contribution in [2.24, 2.45) is 0 Å². The molecule has 0 bridgehead atoms. The van der Waals surface area contributed by atoms with E-state index in [0.29, 0.717) is 23.8 Å². The molecule has 2 aliphatic rings. The van der Waals surface area contributed by atoms with E-state index in [1.807, 2.05) is 18.2 Å². The summed E-state index contributed by atoms with van der Waals surface area (Å²) in [5.41, 5.74) is 20.0. The average molecular weight is 1060 g/mol. The van der Waals surface area contributed by atoms with Crippen LogP contribution in [-0.2, 0) is 27.1 Å². The summed E-state index contributed by atoms with van der Waals surface area (Å²) in [7, 11) is 0. The third-order valence-corrected chi connectivity index (χ3v) is 16.9. The third-order valence-electron chi connectivity index (χ3n) is 16.9. The minimum absolute atomic E-state index is 0.0212. The van der Waals surface area contributed by atoms with Gasteiger partial charge in [-0.2, -0.15) is 0 Å². The van der Waals surface area contributed by atoms with Gasteiger partial charge in [-0.1, -0.05) is 211 Å². The predicted molar refractivity (Wildman–Crippen MR) is 340 cm³/mol. The molecule has 0 radical (unpaired) electrons. The first kappa shape index (κ1) is 50.3. The SMILES string of the molecule is [2H]C([2H])([2H])c1cc(Nc2ccc(C(C)(C)C)cc2-c2ccc(Oc3cccc(N4CN(c5c(-c6ccccc6)cccc5-c5cc(C(C)(C)C)cc(C(C)(C)C)c5)c5ccccc54)c3)cc2)ncc1-c1ccc2c(c1)C(C)(C)CCC2(C)C. The van der Waals surface area contributed by atoms with E-state index in [9.17, 15) is 0 Å². The fourth-order valence-corrected chi connectivity index (χ4v) is 11.8. The van der Waals surface area contributed by atoms with Gasteiger partial charge in [0.1, 0.15) is 24.0 Å². The fourth-order valence-electron chi connectivity index (χ4n) is 11.8. The topological polar surface area (TPSA) is 40.6 Å². The van der Waals surface area contributed by atoms with Crippen molar-refractivity contribution in [3.63, 3.8) is 0 Å². The highest BCUT2D eigenvalue weighted by Gasteiger charge is 2.37. The number of hydrogen-bond acceptors (Lipinski definition) is 5. The summed E-state index contributed by atoms with van der Waals surface area (Å²) in [5.74, 6) is 1.90. The maximum atomic E-state index is 8.74. The molecule has 5 heteroatoms. The number of hydrogen-bond donors (Lipinski definition) is 1. The van der Waals surface area contributed by atoms with Gasteiger partial charge in [-0.25, -0.2) is 4.98 Å². The number of nitrogens with one attached hydrogen (secondary N) is 1. The first-order valence-corrected chi connectivity index (χ1v) is 28.6. The van der Waals surface area contributed by atoms with E-state index in [1.54, 1.807) is 12.3 Å². The summed E-state index contributed by atoms with van der Waals surface area (Å²) in [5, 5.41) is 3.56. The largest absolute Gasteiger partial charge is 0.457 e. The lowest BCUT2D eigenvalue weighted by Crippen LogP contribution is -2.33. The van der Waals surface area contributed by atoms with Crippen LogP contribution in [0, 0.1) is 6.85 Å². The molecule has 1 aromatic heterocycles. The summed E-state index contributed by atoms with van der Waals surface area (Å²) < 4.78 is 32.9. The smallest absolute Gasteiger partial charge is 0.130 e. The van der Waals surface area contributed by atoms with Crippen LogP contribution in [-0.4, -0.2) is 11.7 Å². The van der Waals surface area contributed by atoms with Crippen LogP contribution in [0.15, 0.2) is 188 Å². The van der Waals surface area contributed by atoms with Crippen molar-refractivity contribution < 1.29 is 8.85 Å². The number of rotatable bonds is 10. The number of fused-ring (bicyclic) bond motifs is 2. The molecule has 80 heavy (non-hydrogen) atoms. The number of pyridine rings is 1. The van der Waals surface area contributed by atoms with Crippen molar-refractivity contribution >= 4 is 34.3 Å². The number of aryl methyl sites for hydroxylation is 1. The van der Waals surface area contributed by atoms with Gasteiger partial charge in [-0.15, -0.1) is 0 Å². The van der Waals surface area contributed by atoms with E-state index in [2.05, 4.69) is 263 Å². The number of aromatic nitrogens is 1. The van der Waals surface area contributed by atoms with E-state index in [4.69, 9.17) is 13.8 Å². The van der Waals surface area contributed by atoms with Crippen molar-refractivity contribution in [2.75, 3.05) is 21.8 Å². The van der Waals surface area contributed by atoms with Gasteiger partial charge >= 0.3 is 0 Å². The maximum absolute atomic E-state index is 8.74. The summed E-state index contributed by atoms with van der Waals surface area (Å²) in [6.07, 6.45) is 3.91. The number of anilines is 6. The van der Waals surface area contributed by atoms with E-state index in [-0.39, 0.29) is 32.6 Å². The van der Waals surface area contributed by atoms with Crippen LogP contribution >= 0.6 is 0 Å². The van der Waals surface area contributed by atoms with Crippen LogP contribution in [0.4, 0.5) is 34.3 Å². The Kier molecular flexibility index (Phi) is 12.8. The van der Waals surface area contributed by atoms with Crippen LogP contribution in [0.3, 0.4) is 0 Å². The van der Waals surface area contributed by atoms with Crippen LogP contribution in [0.1, 0.15) is 140 Å². The molecule has 2 heterocycles. The predicted octanol–water partition coefficient (Wildman–Crippen LogP) is 21.1. The number of benzene rings is 8. The van der Waals surface area contributed by atoms with Gasteiger partial charge in [-0.05, 0) is 157 Å². The second-order valence-electron chi connectivity index (χ2n) is 26.8. The second kappa shape index (κ2) is 20.3. The van der Waals surface area contributed by atoms with Crippen LogP contribution in [0.25, 0.3) is 44.5 Å². The Labute approximate surface area is 482 Å². The molecule has 0 unspecified atom stereocenters. The summed E-state index contributed by atoms with van der Waals surface area (Å²) in [6.45, 7) is 27.9. The van der Waals surface area contributed by atoms with Crippen molar-refractivity contribution in [1.29, 1.82) is 0 Å². The first-order valence-electron chi connectivity index (χ1n) is 30.1. The van der Waals surface area contributed by atoms with Gasteiger partial charge in [0.2, 0.25) is 0 Å². The normalized spacial score (nSPS) is 15.6. The molecule has 0 fully saturated rings. The van der Waals surface area contributed by atoms with Gasteiger partial charge in [0.25, 0.3) is 0 Å². The lowest BCUT2D eigenvalue weighted by molar-refractivity contribution is 0.332. The van der Waals surface area contributed by atoms with E-state index < -0.39 is 6.85 Å². The van der Waals surface area contributed by atoms with Gasteiger partial charge in [0.05, 0.1) is 17.1 Å². The van der Waals surface area contributed by atoms with E-state index >= 15 is 0 Å². The molecular formula is C75H80N4O. The quantitative estimate of drug-likeness (QED) is 0.148. The fraction of sp³-hybridized carbons (Fsp3) is 0.293. The highest BCUT2D eigenvalue weighted by atomic mass is 16.5. The molecule has 0 spiro atoms. The third kappa shape index (κ3) is 10.7. The first-order chi connectivity index (χ1) is 39.1. The molecule has 5 nitrogen and oxygen atoms in total. The lowest BCUT2D eigenvalue weighted by atomic mass is 9.63. The van der Waals surface area contributed by atoms with Gasteiger partial charge in [0.15, 0.2) is 0 Å². The second-order valence-corrected chi connectivity index (χ2v) is 26.8. The Hall–Kier alpha value is -7.89. The molecule has 0 saturated carbocycles. The van der Waals surface area contributed by atoms with Crippen molar-refractivity contribution in [3.8, 4) is 56.0 Å². The summed E-state index contributed by atoms with van der Waals surface area (Å²) >= 11 is 0. The molecule has 8 aromatic carbocycles. The minimum Gasteiger partial charge on any atom is -0.457 e. The van der Waals surface area contributed by atoms with Crippen LogP contribution in [0.5, 0.6) is 11.5 Å². The molecule has 0 atom stereocenters. The van der Waals surface area contributed by atoms with E-state index in [0.717, 1.165) is 58.0 Å². The molecule has 406 valence electrons. The molecule has 0 amide bonds. The Balaban J connectivity index is 0.898. The Bertz CT molecular complexity index is 3860. The van der Waals surface area contributed by atoms with Crippen molar-refractivity contribution in [2.45, 2.75) is 137 Å². The minimum atomic E-state index is -2.37. The Morgan fingerprint density at radius 3 is 1.74 bits per heavy atom. The Morgan fingerprint density at radius 2 is 1.07 bits per heavy atom. The highest BCUT2D eigenvalue weighted by Crippen LogP contribution is 2.52. The highest BCUT2D eigenvalue weighted by molar-refractivity contribution is 5.99. The molecule has 1 aliphatic heterocycles.